The van der Waals surface area contributed by atoms with Crippen LogP contribution in [0, 0.1) is 13.8 Å². The molecule has 0 amide bonds. The zero-order valence-electron chi connectivity index (χ0n) is 25.7. The predicted molar refractivity (Wildman–Crippen MR) is 192 cm³/mol. The van der Waals surface area contributed by atoms with Crippen LogP contribution in [0.5, 0.6) is 0 Å². The van der Waals surface area contributed by atoms with Crippen LogP contribution in [-0.2, 0) is 0 Å². The van der Waals surface area contributed by atoms with Gasteiger partial charge in [0.25, 0.3) is 0 Å². The summed E-state index contributed by atoms with van der Waals surface area (Å²) in [4.78, 5) is 2.36. The molecule has 45 heavy (non-hydrogen) atoms. The van der Waals surface area contributed by atoms with Crippen molar-refractivity contribution in [3.8, 4) is 44.5 Å². The summed E-state index contributed by atoms with van der Waals surface area (Å²) in [5.74, 6) is 0. The van der Waals surface area contributed by atoms with Gasteiger partial charge in [-0.25, -0.2) is 0 Å². The Balaban J connectivity index is 1.35. The van der Waals surface area contributed by atoms with Gasteiger partial charge in [0, 0.05) is 17.1 Å². The average molecular weight is 578 g/mol. The van der Waals surface area contributed by atoms with Crippen molar-refractivity contribution in [2.45, 2.75) is 13.8 Å². The van der Waals surface area contributed by atoms with Crippen molar-refractivity contribution < 1.29 is 0 Å². The summed E-state index contributed by atoms with van der Waals surface area (Å²) in [6, 6.07) is 63.5. The van der Waals surface area contributed by atoms with Crippen LogP contribution in [-0.4, -0.2) is 0 Å². The molecule has 1 heteroatoms. The van der Waals surface area contributed by atoms with E-state index in [1.807, 2.05) is 0 Å². The molecule has 216 valence electrons. The number of aryl methyl sites for hydroxylation is 2. The summed E-state index contributed by atoms with van der Waals surface area (Å²) in [6.07, 6.45) is 0. The van der Waals surface area contributed by atoms with Gasteiger partial charge in [0.15, 0.2) is 0 Å². The van der Waals surface area contributed by atoms with Crippen LogP contribution in [0.2, 0.25) is 0 Å². The molecule has 0 radical (unpaired) electrons. The third-order valence-corrected chi connectivity index (χ3v) is 8.45. The van der Waals surface area contributed by atoms with Crippen LogP contribution in [0.4, 0.5) is 17.1 Å². The molecule has 7 aromatic rings. The largest absolute Gasteiger partial charge is 0.310 e. The minimum atomic E-state index is 1.11. The summed E-state index contributed by atoms with van der Waals surface area (Å²) >= 11 is 0. The average Bonchev–Trinajstić information content (AvgIpc) is 3.10. The highest BCUT2D eigenvalue weighted by Gasteiger charge is 2.17. The van der Waals surface area contributed by atoms with Crippen molar-refractivity contribution in [3.63, 3.8) is 0 Å². The molecule has 0 saturated heterocycles. The lowest BCUT2D eigenvalue weighted by atomic mass is 9.93. The molecule has 7 aromatic carbocycles. The molecule has 0 saturated carbocycles. The lowest BCUT2D eigenvalue weighted by molar-refractivity contribution is 1.28. The molecular weight excluding hydrogens is 542 g/mol. The Bertz CT molecular complexity index is 1920. The Morgan fingerprint density at radius 3 is 1.07 bits per heavy atom. The van der Waals surface area contributed by atoms with E-state index in [1.54, 1.807) is 0 Å². The highest BCUT2D eigenvalue weighted by molar-refractivity contribution is 5.89. The van der Waals surface area contributed by atoms with Crippen LogP contribution in [0.3, 0.4) is 0 Å². The first-order valence-corrected chi connectivity index (χ1v) is 15.5. The lowest BCUT2D eigenvalue weighted by Crippen LogP contribution is -2.10. The SMILES string of the molecule is Cc1ccc(-c2ccc(N(c3ccc(-c4ccc(C)cc4)cc3)c3ccc(-c4ccccc4)c(-c4ccccc4)c3)cc2)cc1. The maximum atomic E-state index is 2.36. The van der Waals surface area contributed by atoms with Gasteiger partial charge < -0.3 is 4.90 Å². The standard InChI is InChI=1S/C44H35N/c1-32-13-17-34(18-14-32)36-21-25-40(26-22-36)45(41-27-23-37(24-28-41)35-19-15-33(2)16-20-35)42-29-30-43(38-9-5-3-6-10-38)44(31-42)39-11-7-4-8-12-39/h3-31H,1-2H3. The molecule has 7 rings (SSSR count). The van der Waals surface area contributed by atoms with Crippen LogP contribution >= 0.6 is 0 Å². The Hall–Kier alpha value is -5.66. The molecule has 0 heterocycles. The van der Waals surface area contributed by atoms with Gasteiger partial charge in [-0.15, -0.1) is 0 Å². The first-order valence-electron chi connectivity index (χ1n) is 15.5. The molecule has 0 aromatic heterocycles. The summed E-state index contributed by atoms with van der Waals surface area (Å²) in [5.41, 5.74) is 15.6. The van der Waals surface area contributed by atoms with E-state index >= 15 is 0 Å². The van der Waals surface area contributed by atoms with Crippen molar-refractivity contribution in [1.29, 1.82) is 0 Å². The zero-order chi connectivity index (χ0) is 30.6. The van der Waals surface area contributed by atoms with Gasteiger partial charge in [-0.2, -0.15) is 0 Å². The van der Waals surface area contributed by atoms with Gasteiger partial charge in [0.05, 0.1) is 0 Å². The Morgan fingerprint density at radius 2 is 0.644 bits per heavy atom. The second kappa shape index (κ2) is 12.5. The first-order chi connectivity index (χ1) is 22.1. The molecule has 0 aliphatic heterocycles. The molecule has 1 nitrogen and oxygen atoms in total. The summed E-state index contributed by atoms with van der Waals surface area (Å²) in [7, 11) is 0. The Kier molecular flexibility index (Phi) is 7.83. The monoisotopic (exact) mass is 577 g/mol. The van der Waals surface area contributed by atoms with Gasteiger partial charge >= 0.3 is 0 Å². The van der Waals surface area contributed by atoms with E-state index in [0.717, 1.165) is 17.1 Å². The minimum Gasteiger partial charge on any atom is -0.310 e. The van der Waals surface area contributed by atoms with Crippen molar-refractivity contribution in [2.75, 3.05) is 4.90 Å². The van der Waals surface area contributed by atoms with Gasteiger partial charge in [-0.05, 0) is 94.8 Å². The summed E-state index contributed by atoms with van der Waals surface area (Å²) < 4.78 is 0. The van der Waals surface area contributed by atoms with Crippen molar-refractivity contribution in [1.82, 2.24) is 0 Å². The number of nitrogens with zero attached hydrogens (tertiary/aromatic N) is 1. The molecule has 0 bridgehead atoms. The summed E-state index contributed by atoms with van der Waals surface area (Å²) in [5, 5.41) is 0. The fourth-order valence-electron chi connectivity index (χ4n) is 5.94. The fourth-order valence-corrected chi connectivity index (χ4v) is 5.94. The predicted octanol–water partition coefficient (Wildman–Crippen LogP) is 12.4. The topological polar surface area (TPSA) is 3.24 Å². The maximum absolute atomic E-state index is 2.36. The van der Waals surface area contributed by atoms with Crippen LogP contribution in [0.15, 0.2) is 176 Å². The number of rotatable bonds is 7. The van der Waals surface area contributed by atoms with Gasteiger partial charge in [0.1, 0.15) is 0 Å². The number of anilines is 3. The quantitative estimate of drug-likeness (QED) is 0.182. The van der Waals surface area contributed by atoms with Crippen molar-refractivity contribution in [2.24, 2.45) is 0 Å². The first kappa shape index (κ1) is 28.1. The van der Waals surface area contributed by atoms with E-state index in [9.17, 15) is 0 Å². The Morgan fingerprint density at radius 1 is 0.289 bits per heavy atom. The molecule has 0 spiro atoms. The van der Waals surface area contributed by atoms with E-state index in [-0.39, 0.29) is 0 Å². The van der Waals surface area contributed by atoms with E-state index in [1.165, 1.54) is 55.6 Å². The molecule has 0 atom stereocenters. The zero-order valence-corrected chi connectivity index (χ0v) is 25.7. The van der Waals surface area contributed by atoms with Crippen molar-refractivity contribution >= 4 is 17.1 Å². The van der Waals surface area contributed by atoms with Crippen LogP contribution in [0.25, 0.3) is 44.5 Å². The van der Waals surface area contributed by atoms with Gasteiger partial charge in [-0.1, -0.05) is 151 Å². The van der Waals surface area contributed by atoms with E-state index < -0.39 is 0 Å². The molecule has 0 unspecified atom stereocenters. The second-order valence-corrected chi connectivity index (χ2v) is 11.6. The summed E-state index contributed by atoms with van der Waals surface area (Å²) in [6.45, 7) is 4.25. The molecular formula is C44H35N. The van der Waals surface area contributed by atoms with Gasteiger partial charge in [0.2, 0.25) is 0 Å². The highest BCUT2D eigenvalue weighted by atomic mass is 15.1. The third kappa shape index (κ3) is 6.07. The number of hydrogen-bond donors (Lipinski definition) is 0. The molecule has 0 fully saturated rings. The number of benzene rings is 7. The van der Waals surface area contributed by atoms with Crippen LogP contribution in [0.1, 0.15) is 11.1 Å². The van der Waals surface area contributed by atoms with E-state index in [4.69, 9.17) is 0 Å². The maximum Gasteiger partial charge on any atom is 0.0468 e. The Labute approximate surface area is 266 Å². The lowest BCUT2D eigenvalue weighted by Gasteiger charge is -2.27. The molecule has 0 aliphatic rings. The fraction of sp³-hybridized carbons (Fsp3) is 0.0455. The van der Waals surface area contributed by atoms with Crippen LogP contribution < -0.4 is 4.90 Å². The highest BCUT2D eigenvalue weighted by Crippen LogP contribution is 2.41. The second-order valence-electron chi connectivity index (χ2n) is 11.6. The van der Waals surface area contributed by atoms with Crippen molar-refractivity contribution in [3.05, 3.63) is 187 Å². The number of hydrogen-bond acceptors (Lipinski definition) is 1. The van der Waals surface area contributed by atoms with Gasteiger partial charge in [-0.3, -0.25) is 0 Å². The smallest absolute Gasteiger partial charge is 0.0468 e. The molecule has 0 N–H and O–H groups in total. The van der Waals surface area contributed by atoms with E-state index in [0.29, 0.717) is 0 Å². The third-order valence-electron chi connectivity index (χ3n) is 8.45. The normalized spacial score (nSPS) is 10.9. The van der Waals surface area contributed by atoms with E-state index in [2.05, 4.69) is 195 Å². The minimum absolute atomic E-state index is 1.11. The molecule has 0 aliphatic carbocycles.